The van der Waals surface area contributed by atoms with E-state index in [-0.39, 0.29) is 36.5 Å². The minimum Gasteiger partial charge on any atom is -0.357 e. The number of aryl methyl sites for hydroxylation is 1. The number of aromatic nitrogens is 1. The van der Waals surface area contributed by atoms with Gasteiger partial charge in [0.1, 0.15) is 11.9 Å². The number of carbonyl (C=O) groups excluding carboxylic acids is 3. The molecule has 0 aliphatic carbocycles. The van der Waals surface area contributed by atoms with Crippen LogP contribution in [-0.4, -0.2) is 53.3 Å². The van der Waals surface area contributed by atoms with E-state index in [1.165, 1.54) is 25.1 Å². The second-order valence-electron chi connectivity index (χ2n) is 11.0. The minimum absolute atomic E-state index is 0.00707. The van der Waals surface area contributed by atoms with Crippen LogP contribution >= 0.6 is 11.6 Å². The van der Waals surface area contributed by atoms with E-state index >= 15 is 0 Å². The molecule has 9 nitrogen and oxygen atoms in total. The average molecular weight is 618 g/mol. The highest BCUT2D eigenvalue weighted by Crippen LogP contribution is 2.19. The van der Waals surface area contributed by atoms with E-state index in [2.05, 4.69) is 20.9 Å². The summed E-state index contributed by atoms with van der Waals surface area (Å²) in [7, 11) is 0. The molecule has 0 fully saturated rings. The lowest BCUT2D eigenvalue weighted by molar-refractivity contribution is -0.123. The predicted octanol–water partition coefficient (Wildman–Crippen LogP) is 3.86. The second kappa shape index (κ2) is 13.8. The van der Waals surface area contributed by atoms with Crippen LogP contribution in [0.1, 0.15) is 46.6 Å². The van der Waals surface area contributed by atoms with Crippen molar-refractivity contribution in [3.05, 3.63) is 116 Å². The molecule has 5 rings (SSSR count). The van der Waals surface area contributed by atoms with Gasteiger partial charge in [-0.3, -0.25) is 24.1 Å². The van der Waals surface area contributed by atoms with Crippen molar-refractivity contribution in [2.24, 2.45) is 0 Å². The Balaban J connectivity index is 1.46. The molecular weight excluding hydrogens is 585 g/mol. The number of hydrogen-bond donors (Lipinski definition) is 4. The van der Waals surface area contributed by atoms with E-state index in [4.69, 9.17) is 11.6 Å². The Hall–Kier alpha value is -4.54. The lowest BCUT2D eigenvalue weighted by atomic mass is 10.0. The Morgan fingerprint density at radius 1 is 0.955 bits per heavy atom. The number of fused-ring (bicyclic) bond motifs is 3. The zero-order valence-electron chi connectivity index (χ0n) is 24.2. The first-order valence-electron chi connectivity index (χ1n) is 14.4. The van der Waals surface area contributed by atoms with Crippen LogP contribution in [0.15, 0.2) is 77.6 Å². The summed E-state index contributed by atoms with van der Waals surface area (Å²) in [5.74, 6) is -2.08. The standard InChI is InChI=1S/C33H33ClFN5O4/c1-20-32(43)39-29(22-7-3-2-4-8-22)18-40(17-24-16-30(41)26-15-23(34)10-12-28(26)38-24)19-31(42)36-13-5-6-21-9-11-27(35)25(14-21)33(44)37-20/h2-4,7-12,14-16,20,29H,5-6,13,17-19H2,1H3,(H,36,42)(H,37,44)(H,38,41)(H,39,43)/t20-,29-/m1/s1. The molecule has 228 valence electrons. The van der Waals surface area contributed by atoms with Crippen LogP contribution in [0.3, 0.4) is 0 Å². The van der Waals surface area contributed by atoms with Gasteiger partial charge < -0.3 is 20.9 Å². The molecule has 3 aromatic carbocycles. The van der Waals surface area contributed by atoms with Crippen molar-refractivity contribution in [3.8, 4) is 0 Å². The van der Waals surface area contributed by atoms with Crippen LogP contribution < -0.4 is 21.4 Å². The summed E-state index contributed by atoms with van der Waals surface area (Å²) in [6.07, 6.45) is 1.08. The van der Waals surface area contributed by atoms with Crippen molar-refractivity contribution in [1.29, 1.82) is 0 Å². The summed E-state index contributed by atoms with van der Waals surface area (Å²) < 4.78 is 14.6. The summed E-state index contributed by atoms with van der Waals surface area (Å²) >= 11 is 6.09. The monoisotopic (exact) mass is 617 g/mol. The average Bonchev–Trinajstić information content (AvgIpc) is 3.00. The molecule has 1 aromatic heterocycles. The van der Waals surface area contributed by atoms with Crippen LogP contribution in [0.2, 0.25) is 5.02 Å². The van der Waals surface area contributed by atoms with Gasteiger partial charge in [0.05, 0.1) is 18.2 Å². The van der Waals surface area contributed by atoms with E-state index in [1.54, 1.807) is 24.3 Å². The zero-order valence-corrected chi connectivity index (χ0v) is 24.9. The van der Waals surface area contributed by atoms with Crippen molar-refractivity contribution in [2.45, 2.75) is 38.4 Å². The zero-order chi connectivity index (χ0) is 31.2. The largest absolute Gasteiger partial charge is 0.357 e. The molecule has 11 heteroatoms. The van der Waals surface area contributed by atoms with E-state index < -0.39 is 29.7 Å². The number of amides is 3. The van der Waals surface area contributed by atoms with Crippen LogP contribution in [0, 0.1) is 5.82 Å². The molecule has 0 unspecified atom stereocenters. The Kier molecular flexibility index (Phi) is 9.72. The maximum atomic E-state index is 14.6. The van der Waals surface area contributed by atoms with Crippen LogP contribution in [0.5, 0.6) is 0 Å². The molecular formula is C33H33ClFN5O4. The number of halogens is 2. The van der Waals surface area contributed by atoms with Gasteiger partial charge in [-0.25, -0.2) is 4.39 Å². The number of pyridine rings is 1. The van der Waals surface area contributed by atoms with E-state index in [0.717, 1.165) is 11.1 Å². The molecule has 0 saturated heterocycles. The van der Waals surface area contributed by atoms with Crippen LogP contribution in [-0.2, 0) is 22.6 Å². The third-order valence-corrected chi connectivity index (χ3v) is 7.78. The molecule has 0 spiro atoms. The fraction of sp³-hybridized carbons (Fsp3) is 0.273. The molecule has 0 saturated carbocycles. The highest BCUT2D eigenvalue weighted by molar-refractivity contribution is 6.31. The minimum atomic E-state index is -0.979. The number of hydrogen-bond acceptors (Lipinski definition) is 5. The lowest BCUT2D eigenvalue weighted by Gasteiger charge is -2.29. The van der Waals surface area contributed by atoms with E-state index in [1.807, 2.05) is 35.2 Å². The molecule has 2 atom stereocenters. The highest BCUT2D eigenvalue weighted by Gasteiger charge is 2.25. The van der Waals surface area contributed by atoms with Gasteiger partial charge in [0, 0.05) is 47.3 Å². The Bertz CT molecular complexity index is 1750. The van der Waals surface area contributed by atoms with Crippen LogP contribution in [0.25, 0.3) is 10.9 Å². The third-order valence-electron chi connectivity index (χ3n) is 7.55. The fourth-order valence-electron chi connectivity index (χ4n) is 5.28. The molecule has 0 radical (unpaired) electrons. The predicted molar refractivity (Wildman–Crippen MR) is 167 cm³/mol. The summed E-state index contributed by atoms with van der Waals surface area (Å²) in [4.78, 5) is 57.5. The van der Waals surface area contributed by atoms with E-state index in [0.29, 0.717) is 41.0 Å². The molecule has 2 bridgehead atoms. The first-order chi connectivity index (χ1) is 21.2. The third kappa shape index (κ3) is 7.69. The number of nitrogens with one attached hydrogen (secondary N) is 4. The molecule has 4 aromatic rings. The summed E-state index contributed by atoms with van der Waals surface area (Å²) in [6.45, 7) is 2.31. The number of benzene rings is 3. The SMILES string of the molecule is C[C@H]1NC(=O)c2cc(ccc2F)CCCNC(=O)CN(Cc2cc(=O)c3cc(Cl)ccc3[nH]2)C[C@H](c2ccccc2)NC1=O. The first-order valence-corrected chi connectivity index (χ1v) is 14.8. The quantitative estimate of drug-likeness (QED) is 0.278. The molecule has 1 aliphatic rings. The normalized spacial score (nSPS) is 19.1. The second-order valence-corrected chi connectivity index (χ2v) is 11.4. The van der Waals surface area contributed by atoms with Crippen molar-refractivity contribution >= 4 is 40.2 Å². The first kappa shape index (κ1) is 30.9. The van der Waals surface area contributed by atoms with Gasteiger partial charge >= 0.3 is 0 Å². The molecule has 3 amide bonds. The van der Waals surface area contributed by atoms with Gasteiger partial charge in [-0.2, -0.15) is 0 Å². The van der Waals surface area contributed by atoms with Gasteiger partial charge in [-0.05, 0) is 61.2 Å². The molecule has 44 heavy (non-hydrogen) atoms. The van der Waals surface area contributed by atoms with Gasteiger partial charge in [0.25, 0.3) is 5.91 Å². The van der Waals surface area contributed by atoms with Gasteiger partial charge in [-0.15, -0.1) is 0 Å². The summed E-state index contributed by atoms with van der Waals surface area (Å²) in [6, 6.07) is 18.5. The number of H-pyrrole nitrogens is 1. The topological polar surface area (TPSA) is 123 Å². The molecule has 4 N–H and O–H groups in total. The fourth-order valence-corrected chi connectivity index (χ4v) is 5.45. The summed E-state index contributed by atoms with van der Waals surface area (Å²) in [5, 5.41) is 9.44. The maximum Gasteiger partial charge on any atom is 0.254 e. The van der Waals surface area contributed by atoms with Gasteiger partial charge in [-0.1, -0.05) is 48.0 Å². The lowest BCUT2D eigenvalue weighted by Crippen LogP contribution is -2.48. The number of carbonyl (C=O) groups is 3. The smallest absolute Gasteiger partial charge is 0.254 e. The van der Waals surface area contributed by atoms with E-state index in [9.17, 15) is 23.6 Å². The Morgan fingerprint density at radius 3 is 2.55 bits per heavy atom. The highest BCUT2D eigenvalue weighted by atomic mass is 35.5. The Morgan fingerprint density at radius 2 is 1.75 bits per heavy atom. The number of rotatable bonds is 3. The van der Waals surface area contributed by atoms with Crippen LogP contribution in [0.4, 0.5) is 4.39 Å². The molecule has 2 heterocycles. The van der Waals surface area contributed by atoms with Gasteiger partial charge in [0.15, 0.2) is 5.43 Å². The van der Waals surface area contributed by atoms with Crippen molar-refractivity contribution < 1.29 is 18.8 Å². The van der Waals surface area contributed by atoms with Crippen molar-refractivity contribution in [1.82, 2.24) is 25.8 Å². The van der Waals surface area contributed by atoms with Crippen molar-refractivity contribution in [2.75, 3.05) is 19.6 Å². The van der Waals surface area contributed by atoms with Crippen molar-refractivity contribution in [3.63, 3.8) is 0 Å². The Labute approximate surface area is 258 Å². The van der Waals surface area contributed by atoms with Gasteiger partial charge in [0.2, 0.25) is 11.8 Å². The molecule has 1 aliphatic heterocycles. The maximum absolute atomic E-state index is 14.6. The number of aromatic amines is 1. The summed E-state index contributed by atoms with van der Waals surface area (Å²) in [5.41, 5.74) is 2.37. The number of nitrogens with zero attached hydrogens (tertiary/aromatic N) is 1.